The normalized spacial score (nSPS) is 14.5. The second kappa shape index (κ2) is 6.40. The molecule has 0 atom stereocenters. The molecule has 3 heteroatoms. The van der Waals surface area contributed by atoms with Crippen molar-refractivity contribution >= 4 is 23.0 Å². The Labute approximate surface area is 131 Å². The van der Waals surface area contributed by atoms with Crippen LogP contribution in [-0.2, 0) is 6.54 Å². The highest BCUT2D eigenvalue weighted by atomic mass is 35.5. The maximum absolute atomic E-state index is 6.26. The number of hydrogen-bond acceptors (Lipinski definition) is 2. The molecule has 110 valence electrons. The van der Waals surface area contributed by atoms with Gasteiger partial charge in [-0.15, -0.1) is 0 Å². The highest BCUT2D eigenvalue weighted by Crippen LogP contribution is 2.23. The summed E-state index contributed by atoms with van der Waals surface area (Å²) in [6.45, 7) is 5.18. The molecular weight excluding hydrogens is 280 g/mol. The standard InChI is InChI=1S/C18H21ClN2/c1-14-4-5-15(18(19)12-14)13-20-16-6-8-17(9-7-16)21-10-2-3-11-21/h4-9,12,20H,2-3,10-11,13H2,1H3. The SMILES string of the molecule is Cc1ccc(CNc2ccc(N3CCCC3)cc2)c(Cl)c1. The number of aryl methyl sites for hydroxylation is 1. The quantitative estimate of drug-likeness (QED) is 0.867. The minimum atomic E-state index is 0.752. The van der Waals surface area contributed by atoms with Crippen molar-refractivity contribution in [3.63, 3.8) is 0 Å². The Balaban J connectivity index is 1.62. The van der Waals surface area contributed by atoms with Gasteiger partial charge in [-0.25, -0.2) is 0 Å². The van der Waals surface area contributed by atoms with Crippen LogP contribution in [0.1, 0.15) is 24.0 Å². The van der Waals surface area contributed by atoms with Crippen LogP contribution < -0.4 is 10.2 Å². The predicted octanol–water partition coefficient (Wildman–Crippen LogP) is 4.86. The van der Waals surface area contributed by atoms with Crippen molar-refractivity contribution in [3.05, 3.63) is 58.6 Å². The molecule has 0 spiro atoms. The molecule has 3 rings (SSSR count). The summed E-state index contributed by atoms with van der Waals surface area (Å²) in [4.78, 5) is 2.45. The molecule has 1 N–H and O–H groups in total. The maximum Gasteiger partial charge on any atom is 0.0458 e. The average Bonchev–Trinajstić information content (AvgIpc) is 3.01. The molecule has 0 amide bonds. The molecule has 0 saturated carbocycles. The Bertz CT molecular complexity index is 601. The predicted molar refractivity (Wildman–Crippen MR) is 91.4 cm³/mol. The lowest BCUT2D eigenvalue weighted by atomic mass is 10.1. The van der Waals surface area contributed by atoms with Crippen molar-refractivity contribution in [2.75, 3.05) is 23.3 Å². The number of anilines is 2. The Kier molecular flexibility index (Phi) is 4.35. The number of benzene rings is 2. The summed E-state index contributed by atoms with van der Waals surface area (Å²) in [5, 5.41) is 4.27. The van der Waals surface area contributed by atoms with E-state index in [1.54, 1.807) is 0 Å². The summed E-state index contributed by atoms with van der Waals surface area (Å²) in [6, 6.07) is 14.9. The van der Waals surface area contributed by atoms with Crippen molar-refractivity contribution in [1.82, 2.24) is 0 Å². The zero-order chi connectivity index (χ0) is 14.7. The Morgan fingerprint density at radius 3 is 2.43 bits per heavy atom. The van der Waals surface area contributed by atoms with Crippen LogP contribution in [0.2, 0.25) is 5.02 Å². The van der Waals surface area contributed by atoms with Gasteiger partial charge >= 0.3 is 0 Å². The van der Waals surface area contributed by atoms with Crippen molar-refractivity contribution in [2.45, 2.75) is 26.3 Å². The minimum absolute atomic E-state index is 0.752. The van der Waals surface area contributed by atoms with E-state index in [4.69, 9.17) is 11.6 Å². The third-order valence-electron chi connectivity index (χ3n) is 4.03. The lowest BCUT2D eigenvalue weighted by Crippen LogP contribution is -2.17. The lowest BCUT2D eigenvalue weighted by molar-refractivity contribution is 0.949. The van der Waals surface area contributed by atoms with Gasteiger partial charge in [0.15, 0.2) is 0 Å². The van der Waals surface area contributed by atoms with E-state index in [9.17, 15) is 0 Å². The lowest BCUT2D eigenvalue weighted by Gasteiger charge is -2.18. The molecule has 0 radical (unpaired) electrons. The van der Waals surface area contributed by atoms with Crippen LogP contribution in [-0.4, -0.2) is 13.1 Å². The highest BCUT2D eigenvalue weighted by molar-refractivity contribution is 6.31. The number of nitrogens with zero attached hydrogens (tertiary/aromatic N) is 1. The summed E-state index contributed by atoms with van der Waals surface area (Å²) in [7, 11) is 0. The third kappa shape index (κ3) is 3.51. The summed E-state index contributed by atoms with van der Waals surface area (Å²) in [6.07, 6.45) is 2.62. The molecule has 1 saturated heterocycles. The van der Waals surface area contributed by atoms with Gasteiger partial charge < -0.3 is 10.2 Å². The van der Waals surface area contributed by atoms with Crippen LogP contribution >= 0.6 is 11.6 Å². The molecule has 0 unspecified atom stereocenters. The topological polar surface area (TPSA) is 15.3 Å². The Morgan fingerprint density at radius 2 is 1.76 bits per heavy atom. The zero-order valence-corrected chi connectivity index (χ0v) is 13.2. The van der Waals surface area contributed by atoms with Crippen LogP contribution in [0.15, 0.2) is 42.5 Å². The fourth-order valence-corrected chi connectivity index (χ4v) is 3.06. The van der Waals surface area contributed by atoms with Crippen molar-refractivity contribution in [1.29, 1.82) is 0 Å². The van der Waals surface area contributed by atoms with Crippen molar-refractivity contribution in [2.24, 2.45) is 0 Å². The van der Waals surface area contributed by atoms with E-state index in [0.29, 0.717) is 0 Å². The Hall–Kier alpha value is -1.67. The first-order valence-electron chi connectivity index (χ1n) is 7.56. The van der Waals surface area contributed by atoms with E-state index in [1.807, 2.05) is 6.07 Å². The molecule has 2 nitrogen and oxygen atoms in total. The number of hydrogen-bond donors (Lipinski definition) is 1. The third-order valence-corrected chi connectivity index (χ3v) is 4.38. The summed E-state index contributed by atoms with van der Waals surface area (Å²) >= 11 is 6.26. The first kappa shape index (κ1) is 14.3. The fraction of sp³-hybridized carbons (Fsp3) is 0.333. The van der Waals surface area contributed by atoms with Crippen LogP contribution in [0.5, 0.6) is 0 Å². The average molecular weight is 301 g/mol. The molecular formula is C18H21ClN2. The maximum atomic E-state index is 6.26. The molecule has 0 bridgehead atoms. The largest absolute Gasteiger partial charge is 0.381 e. The van der Waals surface area contributed by atoms with Gasteiger partial charge in [0.1, 0.15) is 0 Å². The molecule has 0 aromatic heterocycles. The van der Waals surface area contributed by atoms with E-state index in [2.05, 4.69) is 53.5 Å². The Morgan fingerprint density at radius 1 is 1.05 bits per heavy atom. The van der Waals surface area contributed by atoms with Crippen molar-refractivity contribution in [3.8, 4) is 0 Å². The number of nitrogens with one attached hydrogen (secondary N) is 1. The summed E-state index contributed by atoms with van der Waals surface area (Å²) in [5.74, 6) is 0. The molecule has 1 aliphatic heterocycles. The molecule has 1 heterocycles. The van der Waals surface area contributed by atoms with E-state index >= 15 is 0 Å². The smallest absolute Gasteiger partial charge is 0.0458 e. The van der Waals surface area contributed by atoms with Gasteiger partial charge in [0.2, 0.25) is 0 Å². The van der Waals surface area contributed by atoms with Crippen LogP contribution in [0.25, 0.3) is 0 Å². The minimum Gasteiger partial charge on any atom is -0.381 e. The molecule has 1 fully saturated rings. The second-order valence-corrected chi connectivity index (χ2v) is 6.10. The second-order valence-electron chi connectivity index (χ2n) is 5.69. The summed E-state index contributed by atoms with van der Waals surface area (Å²) in [5.41, 5.74) is 4.78. The van der Waals surface area contributed by atoms with Gasteiger partial charge in [0.05, 0.1) is 0 Å². The van der Waals surface area contributed by atoms with E-state index in [0.717, 1.165) is 22.8 Å². The monoisotopic (exact) mass is 300 g/mol. The zero-order valence-electron chi connectivity index (χ0n) is 12.4. The van der Waals surface area contributed by atoms with Gasteiger partial charge in [-0.2, -0.15) is 0 Å². The first-order chi connectivity index (χ1) is 10.2. The van der Waals surface area contributed by atoms with Crippen LogP contribution in [0.3, 0.4) is 0 Å². The number of halogens is 1. The molecule has 1 aliphatic rings. The summed E-state index contributed by atoms with van der Waals surface area (Å²) < 4.78 is 0. The van der Waals surface area contributed by atoms with Gasteiger partial charge in [0.25, 0.3) is 0 Å². The first-order valence-corrected chi connectivity index (χ1v) is 7.94. The van der Waals surface area contributed by atoms with Crippen molar-refractivity contribution < 1.29 is 0 Å². The van der Waals surface area contributed by atoms with Gasteiger partial charge in [-0.05, 0) is 61.2 Å². The van der Waals surface area contributed by atoms with E-state index in [1.165, 1.54) is 37.2 Å². The van der Waals surface area contributed by atoms with Gasteiger partial charge in [-0.3, -0.25) is 0 Å². The van der Waals surface area contributed by atoms with Gasteiger partial charge in [0, 0.05) is 36.0 Å². The molecule has 2 aromatic carbocycles. The highest BCUT2D eigenvalue weighted by Gasteiger charge is 2.11. The number of rotatable bonds is 4. The fourth-order valence-electron chi connectivity index (χ4n) is 2.76. The van der Waals surface area contributed by atoms with E-state index in [-0.39, 0.29) is 0 Å². The van der Waals surface area contributed by atoms with Crippen LogP contribution in [0, 0.1) is 6.92 Å². The molecule has 21 heavy (non-hydrogen) atoms. The van der Waals surface area contributed by atoms with Crippen LogP contribution in [0.4, 0.5) is 11.4 Å². The van der Waals surface area contributed by atoms with Gasteiger partial charge in [-0.1, -0.05) is 23.7 Å². The van der Waals surface area contributed by atoms with E-state index < -0.39 is 0 Å². The molecule has 0 aliphatic carbocycles. The molecule has 2 aromatic rings.